The molecule has 0 aromatic heterocycles. The summed E-state index contributed by atoms with van der Waals surface area (Å²) in [5.41, 5.74) is 0.256. The van der Waals surface area contributed by atoms with Crippen LogP contribution in [0.1, 0.15) is 82.0 Å². The van der Waals surface area contributed by atoms with Gasteiger partial charge in [-0.05, 0) is 31.4 Å². The number of benzene rings is 1. The summed E-state index contributed by atoms with van der Waals surface area (Å²) in [7, 11) is 0. The van der Waals surface area contributed by atoms with E-state index in [2.05, 4.69) is 13.8 Å². The van der Waals surface area contributed by atoms with Crippen molar-refractivity contribution in [3.05, 3.63) is 29.8 Å². The first-order valence-electron chi connectivity index (χ1n) is 8.68. The second-order valence-corrected chi connectivity index (χ2v) is 5.89. The maximum absolute atomic E-state index is 12.1. The van der Waals surface area contributed by atoms with Crippen LogP contribution < -0.4 is 0 Å². The van der Waals surface area contributed by atoms with Crippen LogP contribution in [0.4, 0.5) is 0 Å². The number of esters is 1. The topological polar surface area (TPSA) is 46.5 Å². The Hall–Kier alpha value is -1.51. The molecule has 0 spiro atoms. The number of aromatic hydroxyl groups is 1. The third-order valence-corrected chi connectivity index (χ3v) is 3.89. The van der Waals surface area contributed by atoms with Crippen LogP contribution in [0, 0.1) is 0 Å². The Morgan fingerprint density at radius 1 is 1.00 bits per heavy atom. The molecule has 1 rings (SSSR count). The van der Waals surface area contributed by atoms with Gasteiger partial charge in [-0.3, -0.25) is 0 Å². The number of carbonyl (C=O) groups is 1. The minimum absolute atomic E-state index is 0.0117. The molecule has 0 heterocycles. The molecule has 1 aromatic rings. The molecular weight excluding hydrogens is 276 g/mol. The van der Waals surface area contributed by atoms with Crippen LogP contribution in [0.25, 0.3) is 0 Å². The summed E-state index contributed by atoms with van der Waals surface area (Å²) in [5, 5.41) is 9.72. The number of carbonyl (C=O) groups excluding carboxylic acids is 1. The maximum atomic E-state index is 12.1. The monoisotopic (exact) mass is 306 g/mol. The first-order valence-corrected chi connectivity index (χ1v) is 8.68. The number of hydrogen-bond acceptors (Lipinski definition) is 3. The average Bonchev–Trinajstić information content (AvgIpc) is 2.51. The van der Waals surface area contributed by atoms with E-state index in [4.69, 9.17) is 4.74 Å². The van der Waals surface area contributed by atoms with Crippen molar-refractivity contribution in [1.82, 2.24) is 0 Å². The smallest absolute Gasteiger partial charge is 0.342 e. The lowest BCUT2D eigenvalue weighted by atomic mass is 10.0. The molecule has 3 nitrogen and oxygen atoms in total. The Labute approximate surface area is 134 Å². The van der Waals surface area contributed by atoms with Crippen molar-refractivity contribution < 1.29 is 14.6 Å². The van der Waals surface area contributed by atoms with Gasteiger partial charge in [0.1, 0.15) is 17.4 Å². The second kappa shape index (κ2) is 11.1. The van der Waals surface area contributed by atoms with Crippen molar-refractivity contribution in [2.24, 2.45) is 0 Å². The number of phenolic OH excluding ortho intramolecular Hbond substituents is 1. The Morgan fingerprint density at radius 3 is 2.36 bits per heavy atom. The predicted molar refractivity (Wildman–Crippen MR) is 90.2 cm³/mol. The third kappa shape index (κ3) is 6.97. The molecule has 0 aliphatic rings. The van der Waals surface area contributed by atoms with Crippen molar-refractivity contribution in [2.45, 2.75) is 77.7 Å². The normalized spacial score (nSPS) is 12.1. The zero-order valence-corrected chi connectivity index (χ0v) is 14.0. The SMILES string of the molecule is CCCCCCCCC(CCC)OC(=O)c1ccccc1O. The Bertz CT molecular complexity index is 428. The van der Waals surface area contributed by atoms with Crippen LogP contribution >= 0.6 is 0 Å². The highest BCUT2D eigenvalue weighted by Crippen LogP contribution is 2.20. The molecular formula is C19H30O3. The van der Waals surface area contributed by atoms with E-state index in [9.17, 15) is 9.90 Å². The second-order valence-electron chi connectivity index (χ2n) is 5.89. The first kappa shape index (κ1) is 18.5. The van der Waals surface area contributed by atoms with Gasteiger partial charge in [0.15, 0.2) is 0 Å². The predicted octanol–water partition coefficient (Wildman–Crippen LogP) is 5.47. The molecule has 1 atom stereocenters. The molecule has 1 aromatic carbocycles. The molecule has 1 N–H and O–H groups in total. The van der Waals surface area contributed by atoms with E-state index in [0.29, 0.717) is 0 Å². The minimum Gasteiger partial charge on any atom is -0.507 e. The summed E-state index contributed by atoms with van der Waals surface area (Å²) in [6.07, 6.45) is 10.2. The Balaban J connectivity index is 2.40. The van der Waals surface area contributed by atoms with Gasteiger partial charge in [0.25, 0.3) is 0 Å². The van der Waals surface area contributed by atoms with Gasteiger partial charge < -0.3 is 9.84 Å². The molecule has 0 bridgehead atoms. The van der Waals surface area contributed by atoms with Crippen molar-refractivity contribution in [2.75, 3.05) is 0 Å². The van der Waals surface area contributed by atoms with E-state index in [0.717, 1.165) is 25.7 Å². The average molecular weight is 306 g/mol. The van der Waals surface area contributed by atoms with Gasteiger partial charge in [0.2, 0.25) is 0 Å². The fraction of sp³-hybridized carbons (Fsp3) is 0.632. The molecule has 0 saturated heterocycles. The van der Waals surface area contributed by atoms with Crippen LogP contribution in [-0.2, 0) is 4.74 Å². The summed E-state index contributed by atoms with van der Waals surface area (Å²) in [5.74, 6) is -0.426. The molecule has 22 heavy (non-hydrogen) atoms. The van der Waals surface area contributed by atoms with Gasteiger partial charge in [-0.25, -0.2) is 4.79 Å². The molecule has 124 valence electrons. The molecule has 0 aliphatic heterocycles. The van der Waals surface area contributed by atoms with Crippen LogP contribution in [0.5, 0.6) is 5.75 Å². The largest absolute Gasteiger partial charge is 0.507 e. The lowest BCUT2D eigenvalue weighted by Crippen LogP contribution is -2.18. The van der Waals surface area contributed by atoms with E-state index < -0.39 is 5.97 Å². The Kier molecular flexibility index (Phi) is 9.36. The molecule has 0 radical (unpaired) electrons. The van der Waals surface area contributed by atoms with Gasteiger partial charge in [0.05, 0.1) is 0 Å². The summed E-state index contributed by atoms with van der Waals surface area (Å²) in [4.78, 5) is 12.1. The summed E-state index contributed by atoms with van der Waals surface area (Å²) < 4.78 is 5.59. The highest BCUT2D eigenvalue weighted by molar-refractivity contribution is 5.92. The molecule has 0 amide bonds. The van der Waals surface area contributed by atoms with Gasteiger partial charge in [0, 0.05) is 0 Å². The number of hydrogen-bond donors (Lipinski definition) is 1. The van der Waals surface area contributed by atoms with Crippen molar-refractivity contribution in [1.29, 1.82) is 0 Å². The van der Waals surface area contributed by atoms with Gasteiger partial charge in [-0.15, -0.1) is 0 Å². The molecule has 0 aliphatic carbocycles. The zero-order valence-electron chi connectivity index (χ0n) is 14.0. The lowest BCUT2D eigenvalue weighted by Gasteiger charge is -2.17. The zero-order chi connectivity index (χ0) is 16.2. The number of para-hydroxylation sites is 1. The fourth-order valence-corrected chi connectivity index (χ4v) is 2.60. The molecule has 0 saturated carbocycles. The van der Waals surface area contributed by atoms with Gasteiger partial charge in [-0.2, -0.15) is 0 Å². The van der Waals surface area contributed by atoms with Gasteiger partial charge in [-0.1, -0.05) is 64.5 Å². The summed E-state index contributed by atoms with van der Waals surface area (Å²) >= 11 is 0. The lowest BCUT2D eigenvalue weighted by molar-refractivity contribution is 0.0250. The van der Waals surface area contributed by atoms with Crippen LogP contribution in [0.15, 0.2) is 24.3 Å². The third-order valence-electron chi connectivity index (χ3n) is 3.89. The van der Waals surface area contributed by atoms with E-state index in [1.165, 1.54) is 38.2 Å². The van der Waals surface area contributed by atoms with Crippen molar-refractivity contribution in [3.63, 3.8) is 0 Å². The van der Waals surface area contributed by atoms with Crippen molar-refractivity contribution in [3.8, 4) is 5.75 Å². The van der Waals surface area contributed by atoms with Crippen LogP contribution in [-0.4, -0.2) is 17.2 Å². The van der Waals surface area contributed by atoms with E-state index in [-0.39, 0.29) is 17.4 Å². The molecule has 0 fully saturated rings. The highest BCUT2D eigenvalue weighted by Gasteiger charge is 2.17. The van der Waals surface area contributed by atoms with E-state index in [1.54, 1.807) is 18.2 Å². The van der Waals surface area contributed by atoms with E-state index >= 15 is 0 Å². The number of phenols is 1. The van der Waals surface area contributed by atoms with Crippen LogP contribution in [0.2, 0.25) is 0 Å². The standard InChI is InChI=1S/C19H30O3/c1-3-5-6-7-8-9-13-16(12-4-2)22-19(21)17-14-10-11-15-18(17)20/h10-11,14-16,20H,3-9,12-13H2,1-2H3. The van der Waals surface area contributed by atoms with Gasteiger partial charge >= 0.3 is 5.97 Å². The number of ether oxygens (including phenoxy) is 1. The first-order chi connectivity index (χ1) is 10.7. The quantitative estimate of drug-likeness (QED) is 0.435. The Morgan fingerprint density at radius 2 is 1.68 bits per heavy atom. The summed E-state index contributed by atoms with van der Waals surface area (Å²) in [6.45, 7) is 4.32. The molecule has 1 unspecified atom stereocenters. The van der Waals surface area contributed by atoms with E-state index in [1.807, 2.05) is 0 Å². The number of rotatable bonds is 11. The number of unbranched alkanes of at least 4 members (excludes halogenated alkanes) is 5. The van der Waals surface area contributed by atoms with Crippen LogP contribution in [0.3, 0.4) is 0 Å². The maximum Gasteiger partial charge on any atom is 0.342 e. The molecule has 3 heteroatoms. The van der Waals surface area contributed by atoms with Crippen molar-refractivity contribution >= 4 is 5.97 Å². The minimum atomic E-state index is -0.414. The summed E-state index contributed by atoms with van der Waals surface area (Å²) in [6, 6.07) is 6.55. The highest BCUT2D eigenvalue weighted by atomic mass is 16.5. The fourth-order valence-electron chi connectivity index (χ4n) is 2.60.